The largest absolute Gasteiger partial charge is 0.0622 e. The van der Waals surface area contributed by atoms with Crippen LogP contribution in [-0.4, -0.2) is 0 Å². The Labute approximate surface area is 335 Å². The van der Waals surface area contributed by atoms with Crippen molar-refractivity contribution in [1.82, 2.24) is 0 Å². The van der Waals surface area contributed by atoms with Gasteiger partial charge in [-0.1, -0.05) is 164 Å². The third-order valence-electron chi connectivity index (χ3n) is 13.3. The average molecular weight is 733 g/mol. The predicted octanol–water partition coefficient (Wildman–Crippen LogP) is 16.6. The molecule has 0 saturated carbocycles. The van der Waals surface area contributed by atoms with Crippen LogP contribution < -0.4 is 0 Å². The number of rotatable bonds is 3. The topological polar surface area (TPSA) is 0 Å². The van der Waals surface area contributed by atoms with E-state index < -0.39 is 0 Å². The second-order valence-electron chi connectivity index (χ2n) is 16.4. The van der Waals surface area contributed by atoms with Crippen molar-refractivity contribution in [3.63, 3.8) is 0 Å². The molecule has 0 saturated heterocycles. The van der Waals surface area contributed by atoms with E-state index in [9.17, 15) is 0 Å². The number of hydrogen-bond donors (Lipinski definition) is 0. The Bertz CT molecular complexity index is 3810. The highest BCUT2D eigenvalue weighted by molar-refractivity contribution is 6.46. The maximum atomic E-state index is 2.53. The van der Waals surface area contributed by atoms with E-state index in [0.717, 1.165) is 0 Å². The number of hydrogen-bond acceptors (Lipinski definition) is 0. The maximum absolute atomic E-state index is 2.53. The van der Waals surface area contributed by atoms with E-state index in [1.165, 1.54) is 141 Å². The fraction of sp³-hybridized carbons (Fsp3) is 0.0345. The quantitative estimate of drug-likeness (QED) is 0.159. The van der Waals surface area contributed by atoms with Gasteiger partial charge in [-0.2, -0.15) is 0 Å². The molecule has 58 heavy (non-hydrogen) atoms. The Balaban J connectivity index is 1.27. The van der Waals surface area contributed by atoms with Crippen molar-refractivity contribution in [2.45, 2.75) is 13.8 Å². The Hall–Kier alpha value is -7.28. The van der Waals surface area contributed by atoms with Gasteiger partial charge in [-0.25, -0.2) is 0 Å². The molecule has 0 radical (unpaired) electrons. The van der Waals surface area contributed by atoms with Crippen molar-refractivity contribution < 1.29 is 0 Å². The minimum atomic E-state index is 1.25. The van der Waals surface area contributed by atoms with Crippen molar-refractivity contribution in [1.29, 1.82) is 0 Å². The zero-order valence-corrected chi connectivity index (χ0v) is 32.3. The lowest BCUT2D eigenvalue weighted by atomic mass is 9.83. The summed E-state index contributed by atoms with van der Waals surface area (Å²) in [5, 5.41) is 23.8. The fourth-order valence-electron chi connectivity index (χ4n) is 11.1. The van der Waals surface area contributed by atoms with Crippen LogP contribution in [-0.2, 0) is 0 Å². The second kappa shape index (κ2) is 11.6. The number of aryl methyl sites for hydroxylation is 2. The van der Waals surface area contributed by atoms with Crippen LogP contribution >= 0.6 is 0 Å². The summed E-state index contributed by atoms with van der Waals surface area (Å²) in [4.78, 5) is 0. The zero-order valence-electron chi connectivity index (χ0n) is 32.3. The highest BCUT2D eigenvalue weighted by Crippen LogP contribution is 2.55. The predicted molar refractivity (Wildman–Crippen MR) is 252 cm³/mol. The molecule has 0 unspecified atom stereocenters. The van der Waals surface area contributed by atoms with Gasteiger partial charge in [-0.3, -0.25) is 0 Å². The van der Waals surface area contributed by atoms with Gasteiger partial charge in [0.15, 0.2) is 0 Å². The van der Waals surface area contributed by atoms with E-state index in [1.807, 2.05) is 0 Å². The molecule has 0 fully saturated rings. The van der Waals surface area contributed by atoms with E-state index in [1.54, 1.807) is 0 Å². The standard InChI is InChI=1S/C58H36/c1-33-14-11-15-34(2)50(33)38-28-29-40-37(30-38)26-27-39-31-48-55-44(51(39)40)23-13-25-46(55)57-52(35-16-5-3-6-17-35)49-32-47-42-21-10-9-20-41(42)43-22-12-24-45(54(43)47)56(49)53(58(48)57)36-18-7-4-8-19-36/h3-32H,1-2H3. The lowest BCUT2D eigenvalue weighted by Gasteiger charge is -2.19. The first-order valence-corrected chi connectivity index (χ1v) is 20.4. The summed E-state index contributed by atoms with van der Waals surface area (Å²) in [5.74, 6) is 0. The first-order chi connectivity index (χ1) is 28.6. The van der Waals surface area contributed by atoms with Crippen molar-refractivity contribution in [3.8, 4) is 33.4 Å². The lowest BCUT2D eigenvalue weighted by Crippen LogP contribution is -1.91. The van der Waals surface area contributed by atoms with Gasteiger partial charge in [0.1, 0.15) is 0 Å². The van der Waals surface area contributed by atoms with Gasteiger partial charge >= 0.3 is 0 Å². The molecule has 13 aromatic carbocycles. The van der Waals surface area contributed by atoms with E-state index >= 15 is 0 Å². The SMILES string of the molecule is Cc1cccc(C)c1-c1ccc2c(ccc3cc4c5c(-c6ccccc6)c6c(cc7c8ccccc8c8cccc6c87)c(-c6ccccc6)c5c5cccc(c32)c54)c1. The van der Waals surface area contributed by atoms with Gasteiger partial charge in [0.2, 0.25) is 0 Å². The second-order valence-corrected chi connectivity index (χ2v) is 16.4. The van der Waals surface area contributed by atoms with Crippen LogP contribution in [0.15, 0.2) is 182 Å². The van der Waals surface area contributed by atoms with Gasteiger partial charge in [-0.05, 0) is 174 Å². The van der Waals surface area contributed by atoms with Crippen molar-refractivity contribution in [2.75, 3.05) is 0 Å². The zero-order chi connectivity index (χ0) is 38.2. The molecule has 268 valence electrons. The van der Waals surface area contributed by atoms with E-state index in [0.29, 0.717) is 0 Å². The summed E-state index contributed by atoms with van der Waals surface area (Å²) in [5.41, 5.74) is 10.4. The fourth-order valence-corrected chi connectivity index (χ4v) is 11.1. The highest BCUT2D eigenvalue weighted by Gasteiger charge is 2.27. The van der Waals surface area contributed by atoms with Gasteiger partial charge in [-0.15, -0.1) is 0 Å². The van der Waals surface area contributed by atoms with Crippen LogP contribution in [0.5, 0.6) is 0 Å². The van der Waals surface area contributed by atoms with Crippen LogP contribution in [0, 0.1) is 13.8 Å². The molecule has 0 nitrogen and oxygen atoms in total. The molecular formula is C58H36. The van der Waals surface area contributed by atoms with Gasteiger partial charge in [0.05, 0.1) is 0 Å². The molecule has 13 aromatic rings. The van der Waals surface area contributed by atoms with Crippen LogP contribution in [0.25, 0.3) is 130 Å². The molecule has 0 heteroatoms. The van der Waals surface area contributed by atoms with Crippen molar-refractivity contribution in [3.05, 3.63) is 193 Å². The smallest absolute Gasteiger partial charge is 0.000697 e. The molecule has 0 amide bonds. The normalized spacial score (nSPS) is 12.3. The summed E-state index contributed by atoms with van der Waals surface area (Å²) in [7, 11) is 0. The molecule has 0 aliphatic rings. The summed E-state index contributed by atoms with van der Waals surface area (Å²) in [6.07, 6.45) is 0. The highest BCUT2D eigenvalue weighted by atomic mass is 14.3. The Kier molecular flexibility index (Phi) is 6.39. The van der Waals surface area contributed by atoms with Gasteiger partial charge in [0.25, 0.3) is 0 Å². The Morgan fingerprint density at radius 1 is 0.224 bits per heavy atom. The Morgan fingerprint density at radius 2 is 0.759 bits per heavy atom. The van der Waals surface area contributed by atoms with Crippen molar-refractivity contribution in [2.24, 2.45) is 0 Å². The molecule has 0 bridgehead atoms. The summed E-state index contributed by atoms with van der Waals surface area (Å²) >= 11 is 0. The van der Waals surface area contributed by atoms with E-state index in [2.05, 4.69) is 196 Å². The molecule has 0 spiro atoms. The molecule has 0 heterocycles. The first-order valence-electron chi connectivity index (χ1n) is 20.4. The minimum Gasteiger partial charge on any atom is -0.0622 e. The molecule has 0 aliphatic heterocycles. The molecule has 0 aromatic heterocycles. The average Bonchev–Trinajstić information content (AvgIpc) is 3.77. The van der Waals surface area contributed by atoms with Gasteiger partial charge < -0.3 is 0 Å². The van der Waals surface area contributed by atoms with Gasteiger partial charge in [0, 0.05) is 0 Å². The van der Waals surface area contributed by atoms with E-state index in [4.69, 9.17) is 0 Å². The first kappa shape index (κ1) is 31.9. The molecular weight excluding hydrogens is 697 g/mol. The molecule has 13 rings (SSSR count). The third-order valence-corrected chi connectivity index (χ3v) is 13.3. The van der Waals surface area contributed by atoms with Crippen LogP contribution in [0.3, 0.4) is 0 Å². The monoisotopic (exact) mass is 732 g/mol. The molecule has 0 N–H and O–H groups in total. The summed E-state index contributed by atoms with van der Waals surface area (Å²) < 4.78 is 0. The lowest BCUT2D eigenvalue weighted by molar-refractivity contribution is 1.38. The maximum Gasteiger partial charge on any atom is -0.000697 e. The van der Waals surface area contributed by atoms with E-state index in [-0.39, 0.29) is 0 Å². The number of benzene rings is 11. The molecule has 0 aliphatic carbocycles. The van der Waals surface area contributed by atoms with Crippen molar-refractivity contribution >= 4 is 97.0 Å². The van der Waals surface area contributed by atoms with Crippen LogP contribution in [0.4, 0.5) is 0 Å². The summed E-state index contributed by atoms with van der Waals surface area (Å²) in [6.45, 7) is 4.45. The minimum absolute atomic E-state index is 1.25. The number of fused-ring (bicyclic) bond motifs is 12. The van der Waals surface area contributed by atoms with Crippen LogP contribution in [0.2, 0.25) is 0 Å². The summed E-state index contributed by atoms with van der Waals surface area (Å²) in [6, 6.07) is 68.8. The third kappa shape index (κ3) is 4.14. The Morgan fingerprint density at radius 3 is 1.48 bits per heavy atom. The van der Waals surface area contributed by atoms with Crippen LogP contribution in [0.1, 0.15) is 11.1 Å². The molecule has 0 atom stereocenters.